The SMILES string of the molecule is CC[Si](Cl)(Cl)CC1=CCCCC1. The molecule has 0 unspecified atom stereocenters. The van der Waals surface area contributed by atoms with E-state index in [0.29, 0.717) is 0 Å². The topological polar surface area (TPSA) is 0 Å². The van der Waals surface area contributed by atoms with Crippen molar-refractivity contribution in [2.75, 3.05) is 0 Å². The Morgan fingerprint density at radius 3 is 2.67 bits per heavy atom. The summed E-state index contributed by atoms with van der Waals surface area (Å²) in [6.07, 6.45) is 7.47. The van der Waals surface area contributed by atoms with E-state index in [9.17, 15) is 0 Å². The molecular formula is C9H16Cl2Si. The zero-order valence-corrected chi connectivity index (χ0v) is 10.1. The average Bonchev–Trinajstić information content (AvgIpc) is 2.06. The molecule has 0 aromatic carbocycles. The predicted octanol–water partition coefficient (Wildman–Crippen LogP) is 4.43. The molecule has 0 N–H and O–H groups in total. The lowest BCUT2D eigenvalue weighted by Gasteiger charge is -2.19. The first-order chi connectivity index (χ1) is 5.64. The zero-order chi connectivity index (χ0) is 9.03. The molecule has 0 nitrogen and oxygen atoms in total. The van der Waals surface area contributed by atoms with Gasteiger partial charge in [-0.25, -0.2) is 0 Å². The van der Waals surface area contributed by atoms with Crippen LogP contribution in [0.25, 0.3) is 0 Å². The quantitative estimate of drug-likeness (QED) is 0.377. The highest BCUT2D eigenvalue weighted by Crippen LogP contribution is 2.32. The van der Waals surface area contributed by atoms with Crippen LogP contribution in [-0.2, 0) is 0 Å². The Hall–Kier alpha value is 0.537. The third kappa shape index (κ3) is 3.50. The van der Waals surface area contributed by atoms with E-state index in [4.69, 9.17) is 22.2 Å². The summed E-state index contributed by atoms with van der Waals surface area (Å²) in [5.41, 5.74) is 1.51. The van der Waals surface area contributed by atoms with Crippen molar-refractivity contribution in [1.82, 2.24) is 0 Å². The Morgan fingerprint density at radius 2 is 2.17 bits per heavy atom. The van der Waals surface area contributed by atoms with Gasteiger partial charge in [-0.2, -0.15) is 0 Å². The van der Waals surface area contributed by atoms with E-state index in [1.165, 1.54) is 31.3 Å². The average molecular weight is 223 g/mol. The molecule has 0 fully saturated rings. The van der Waals surface area contributed by atoms with E-state index < -0.39 is 6.69 Å². The highest BCUT2D eigenvalue weighted by Gasteiger charge is 2.27. The van der Waals surface area contributed by atoms with Crippen molar-refractivity contribution >= 4 is 28.9 Å². The van der Waals surface area contributed by atoms with Crippen LogP contribution in [0.5, 0.6) is 0 Å². The van der Waals surface area contributed by atoms with E-state index in [2.05, 4.69) is 13.0 Å². The molecule has 1 rings (SSSR count). The Kier molecular flexibility index (Phi) is 4.14. The summed E-state index contributed by atoms with van der Waals surface area (Å²) in [5.74, 6) is 0. The second kappa shape index (κ2) is 4.68. The van der Waals surface area contributed by atoms with E-state index >= 15 is 0 Å². The molecule has 0 radical (unpaired) electrons. The molecule has 0 aliphatic heterocycles. The molecule has 0 aromatic rings. The Morgan fingerprint density at radius 1 is 1.42 bits per heavy atom. The van der Waals surface area contributed by atoms with Gasteiger partial charge in [0.05, 0.1) is 0 Å². The first-order valence-corrected chi connectivity index (χ1v) is 9.13. The van der Waals surface area contributed by atoms with E-state index in [0.717, 1.165) is 12.1 Å². The van der Waals surface area contributed by atoms with Crippen molar-refractivity contribution < 1.29 is 0 Å². The fourth-order valence-electron chi connectivity index (χ4n) is 1.52. The molecule has 0 saturated heterocycles. The molecule has 0 saturated carbocycles. The van der Waals surface area contributed by atoms with Gasteiger partial charge in [-0.15, -0.1) is 22.2 Å². The Balaban J connectivity index is 2.44. The molecule has 0 heterocycles. The zero-order valence-electron chi connectivity index (χ0n) is 7.58. The van der Waals surface area contributed by atoms with Gasteiger partial charge in [0, 0.05) is 0 Å². The fourth-order valence-corrected chi connectivity index (χ4v) is 3.79. The molecular weight excluding hydrogens is 207 g/mol. The van der Waals surface area contributed by atoms with Crippen molar-refractivity contribution in [3.8, 4) is 0 Å². The van der Waals surface area contributed by atoms with Crippen LogP contribution >= 0.6 is 22.2 Å². The monoisotopic (exact) mass is 222 g/mol. The van der Waals surface area contributed by atoms with E-state index in [-0.39, 0.29) is 0 Å². The van der Waals surface area contributed by atoms with Crippen molar-refractivity contribution in [1.29, 1.82) is 0 Å². The van der Waals surface area contributed by atoms with Crippen LogP contribution in [0.2, 0.25) is 12.1 Å². The minimum Gasteiger partial charge on any atom is -0.146 e. The highest BCUT2D eigenvalue weighted by atomic mass is 35.7. The van der Waals surface area contributed by atoms with Gasteiger partial charge in [-0.05, 0) is 37.8 Å². The van der Waals surface area contributed by atoms with Crippen molar-refractivity contribution in [2.45, 2.75) is 44.7 Å². The summed E-state index contributed by atoms with van der Waals surface area (Å²) < 4.78 is 0. The third-order valence-corrected chi connectivity index (χ3v) is 6.80. The summed E-state index contributed by atoms with van der Waals surface area (Å²) in [4.78, 5) is 0. The second-order valence-corrected chi connectivity index (χ2v) is 11.2. The van der Waals surface area contributed by atoms with Gasteiger partial charge in [0.15, 0.2) is 0 Å². The molecule has 1 aliphatic rings. The number of halogens is 2. The van der Waals surface area contributed by atoms with Gasteiger partial charge in [0.2, 0.25) is 0 Å². The lowest BCUT2D eigenvalue weighted by molar-refractivity contribution is 0.700. The highest BCUT2D eigenvalue weighted by molar-refractivity contribution is 7.45. The van der Waals surface area contributed by atoms with Crippen LogP contribution in [0.15, 0.2) is 11.6 Å². The van der Waals surface area contributed by atoms with Crippen LogP contribution < -0.4 is 0 Å². The predicted molar refractivity (Wildman–Crippen MR) is 59.3 cm³/mol. The Labute approximate surface area is 85.4 Å². The van der Waals surface area contributed by atoms with Gasteiger partial charge in [0.1, 0.15) is 0 Å². The lowest BCUT2D eigenvalue weighted by atomic mass is 10.0. The number of hydrogen-bond acceptors (Lipinski definition) is 0. The Bertz CT molecular complexity index is 175. The van der Waals surface area contributed by atoms with Gasteiger partial charge < -0.3 is 0 Å². The van der Waals surface area contributed by atoms with Gasteiger partial charge in [-0.1, -0.05) is 18.6 Å². The number of rotatable bonds is 3. The summed E-state index contributed by atoms with van der Waals surface area (Å²) in [7, 11) is 0. The van der Waals surface area contributed by atoms with Crippen LogP contribution in [0, 0.1) is 0 Å². The molecule has 1 aliphatic carbocycles. The summed E-state index contributed by atoms with van der Waals surface area (Å²) in [6.45, 7) is 0.204. The van der Waals surface area contributed by atoms with Crippen LogP contribution in [0.1, 0.15) is 32.6 Å². The maximum Gasteiger partial charge on any atom is 0.254 e. The summed E-state index contributed by atoms with van der Waals surface area (Å²) in [5, 5.41) is 0. The molecule has 0 bridgehead atoms. The number of allylic oxidation sites excluding steroid dienone is 2. The molecule has 0 spiro atoms. The van der Waals surface area contributed by atoms with Crippen LogP contribution in [0.3, 0.4) is 0 Å². The van der Waals surface area contributed by atoms with Crippen LogP contribution in [-0.4, -0.2) is 6.69 Å². The molecule has 3 heteroatoms. The minimum atomic E-state index is -1.89. The summed E-state index contributed by atoms with van der Waals surface area (Å²) >= 11 is 12.4. The summed E-state index contributed by atoms with van der Waals surface area (Å²) in [6, 6.07) is 1.96. The molecule has 0 atom stereocenters. The largest absolute Gasteiger partial charge is 0.254 e. The molecule has 0 aromatic heterocycles. The third-order valence-electron chi connectivity index (χ3n) is 2.39. The standard InChI is InChI=1S/C9H16Cl2Si/c1-2-12(10,11)8-9-6-4-3-5-7-9/h6H,2-5,7-8H2,1H3. The fraction of sp³-hybridized carbons (Fsp3) is 0.778. The van der Waals surface area contributed by atoms with Gasteiger partial charge in [0.25, 0.3) is 6.69 Å². The molecule has 70 valence electrons. The second-order valence-electron chi connectivity index (χ2n) is 3.49. The van der Waals surface area contributed by atoms with Crippen molar-refractivity contribution in [3.05, 3.63) is 11.6 Å². The van der Waals surface area contributed by atoms with Gasteiger partial charge in [-0.3, -0.25) is 0 Å². The van der Waals surface area contributed by atoms with E-state index in [1.54, 1.807) is 0 Å². The molecule has 12 heavy (non-hydrogen) atoms. The maximum absolute atomic E-state index is 6.22. The van der Waals surface area contributed by atoms with Crippen LogP contribution in [0.4, 0.5) is 0 Å². The van der Waals surface area contributed by atoms with Crippen molar-refractivity contribution in [3.63, 3.8) is 0 Å². The normalized spacial score (nSPS) is 19.1. The lowest BCUT2D eigenvalue weighted by Crippen LogP contribution is -2.18. The minimum absolute atomic E-state index is 0.966. The van der Waals surface area contributed by atoms with E-state index in [1.807, 2.05) is 0 Å². The maximum atomic E-state index is 6.22. The van der Waals surface area contributed by atoms with Crippen molar-refractivity contribution in [2.24, 2.45) is 0 Å². The first-order valence-electron chi connectivity index (χ1n) is 4.70. The smallest absolute Gasteiger partial charge is 0.146 e. The molecule has 0 amide bonds. The number of hydrogen-bond donors (Lipinski definition) is 0. The van der Waals surface area contributed by atoms with Gasteiger partial charge >= 0.3 is 0 Å². The first kappa shape index (κ1) is 10.6.